The summed E-state index contributed by atoms with van der Waals surface area (Å²) in [5.41, 5.74) is 0. The van der Waals surface area contributed by atoms with Crippen molar-refractivity contribution in [3.63, 3.8) is 0 Å². The van der Waals surface area contributed by atoms with Gasteiger partial charge in [0.2, 0.25) is 5.91 Å². The lowest BCUT2D eigenvalue weighted by molar-refractivity contribution is -0.143. The molecule has 1 fully saturated rings. The number of likely N-dealkylation sites (N-methyl/N-ethyl adjacent to an activating group) is 1. The summed E-state index contributed by atoms with van der Waals surface area (Å²) in [7, 11) is 0. The van der Waals surface area contributed by atoms with Gasteiger partial charge in [-0.05, 0) is 19.4 Å². The Kier molecular flexibility index (Phi) is 5.93. The summed E-state index contributed by atoms with van der Waals surface area (Å²) < 4.78 is 4.68. The van der Waals surface area contributed by atoms with E-state index in [1.165, 1.54) is 12.8 Å². The standard InChI is InChI=1S/C11H20N2O4/c1-2-13(9-3-4-9)6-5-12-10(14)7-17-8-11(15)16/h9H,2-8H2,1H3,(H,12,14)(H,15,16). The van der Waals surface area contributed by atoms with Crippen LogP contribution in [-0.4, -0.2) is 60.8 Å². The minimum Gasteiger partial charge on any atom is -0.480 e. The first-order valence-corrected chi connectivity index (χ1v) is 5.93. The first-order chi connectivity index (χ1) is 8.13. The van der Waals surface area contributed by atoms with Crippen LogP contribution in [0.25, 0.3) is 0 Å². The molecule has 6 nitrogen and oxygen atoms in total. The van der Waals surface area contributed by atoms with E-state index in [4.69, 9.17) is 5.11 Å². The van der Waals surface area contributed by atoms with Gasteiger partial charge in [-0.15, -0.1) is 0 Å². The molecule has 6 heteroatoms. The van der Waals surface area contributed by atoms with Crippen molar-refractivity contribution < 1.29 is 19.4 Å². The van der Waals surface area contributed by atoms with Gasteiger partial charge >= 0.3 is 5.97 Å². The maximum absolute atomic E-state index is 11.2. The van der Waals surface area contributed by atoms with Crippen molar-refractivity contribution in [2.45, 2.75) is 25.8 Å². The van der Waals surface area contributed by atoms with E-state index in [2.05, 4.69) is 21.9 Å². The van der Waals surface area contributed by atoms with E-state index in [9.17, 15) is 9.59 Å². The number of amides is 1. The van der Waals surface area contributed by atoms with Crippen molar-refractivity contribution in [1.82, 2.24) is 10.2 Å². The molecule has 1 rings (SSSR count). The molecule has 0 saturated heterocycles. The number of rotatable bonds is 9. The molecule has 1 saturated carbocycles. The molecule has 0 spiro atoms. The zero-order valence-electron chi connectivity index (χ0n) is 10.1. The van der Waals surface area contributed by atoms with Gasteiger partial charge in [0, 0.05) is 19.1 Å². The summed E-state index contributed by atoms with van der Waals surface area (Å²) in [4.78, 5) is 23.7. The number of hydrogen-bond acceptors (Lipinski definition) is 4. The van der Waals surface area contributed by atoms with E-state index < -0.39 is 12.6 Å². The zero-order chi connectivity index (χ0) is 12.7. The van der Waals surface area contributed by atoms with Gasteiger partial charge in [-0.25, -0.2) is 4.79 Å². The molecule has 0 unspecified atom stereocenters. The van der Waals surface area contributed by atoms with E-state index >= 15 is 0 Å². The second-order valence-corrected chi connectivity index (χ2v) is 4.10. The molecular formula is C11H20N2O4. The largest absolute Gasteiger partial charge is 0.480 e. The fourth-order valence-corrected chi connectivity index (χ4v) is 1.66. The number of carboxylic acid groups (broad SMARTS) is 1. The predicted molar refractivity (Wildman–Crippen MR) is 61.7 cm³/mol. The third kappa shape index (κ3) is 6.23. The summed E-state index contributed by atoms with van der Waals surface area (Å²) in [6.45, 7) is 3.90. The quantitative estimate of drug-likeness (QED) is 0.581. The summed E-state index contributed by atoms with van der Waals surface area (Å²) >= 11 is 0. The highest BCUT2D eigenvalue weighted by molar-refractivity contribution is 5.77. The lowest BCUT2D eigenvalue weighted by Gasteiger charge is -2.19. The fourth-order valence-electron chi connectivity index (χ4n) is 1.66. The molecule has 2 N–H and O–H groups in total. The Morgan fingerprint density at radius 2 is 2.12 bits per heavy atom. The van der Waals surface area contributed by atoms with Crippen molar-refractivity contribution in [3.8, 4) is 0 Å². The third-order valence-corrected chi connectivity index (χ3v) is 2.65. The third-order valence-electron chi connectivity index (χ3n) is 2.65. The topological polar surface area (TPSA) is 78.9 Å². The summed E-state index contributed by atoms with van der Waals surface area (Å²) in [5, 5.41) is 11.0. The molecule has 0 heterocycles. The Hall–Kier alpha value is -1.14. The smallest absolute Gasteiger partial charge is 0.329 e. The van der Waals surface area contributed by atoms with E-state index in [1.54, 1.807) is 0 Å². The van der Waals surface area contributed by atoms with Crippen LogP contribution < -0.4 is 5.32 Å². The second-order valence-electron chi connectivity index (χ2n) is 4.10. The average Bonchev–Trinajstić information content (AvgIpc) is 3.08. The summed E-state index contributed by atoms with van der Waals surface area (Å²) in [6, 6.07) is 0.695. The van der Waals surface area contributed by atoms with Crippen LogP contribution in [0.15, 0.2) is 0 Å². The monoisotopic (exact) mass is 244 g/mol. The van der Waals surface area contributed by atoms with Crippen LogP contribution in [0.1, 0.15) is 19.8 Å². The minimum absolute atomic E-state index is 0.193. The number of carbonyl (C=O) groups excluding carboxylic acids is 1. The molecular weight excluding hydrogens is 224 g/mol. The van der Waals surface area contributed by atoms with Crippen LogP contribution in [0, 0.1) is 0 Å². The molecule has 0 radical (unpaired) electrons. The molecule has 0 aromatic carbocycles. The van der Waals surface area contributed by atoms with Crippen LogP contribution in [0.2, 0.25) is 0 Å². The van der Waals surface area contributed by atoms with Crippen molar-refractivity contribution in [1.29, 1.82) is 0 Å². The molecule has 1 aliphatic rings. The number of carboxylic acids is 1. The van der Waals surface area contributed by atoms with Crippen molar-refractivity contribution >= 4 is 11.9 Å². The Bertz CT molecular complexity index is 266. The predicted octanol–water partition coefficient (Wildman–Crippen LogP) is -0.312. The number of ether oxygens (including phenoxy) is 1. The highest BCUT2D eigenvalue weighted by atomic mass is 16.5. The number of hydrogen-bond donors (Lipinski definition) is 2. The Balaban J connectivity index is 2.00. The number of aliphatic carboxylic acids is 1. The van der Waals surface area contributed by atoms with Gasteiger partial charge in [-0.1, -0.05) is 6.92 Å². The van der Waals surface area contributed by atoms with Gasteiger partial charge in [0.05, 0.1) is 0 Å². The van der Waals surface area contributed by atoms with E-state index in [-0.39, 0.29) is 12.5 Å². The zero-order valence-corrected chi connectivity index (χ0v) is 10.1. The highest BCUT2D eigenvalue weighted by Crippen LogP contribution is 2.25. The van der Waals surface area contributed by atoms with Gasteiger partial charge in [-0.2, -0.15) is 0 Å². The Morgan fingerprint density at radius 1 is 1.41 bits per heavy atom. The molecule has 0 aliphatic heterocycles. The van der Waals surface area contributed by atoms with Crippen LogP contribution in [0.4, 0.5) is 0 Å². The van der Waals surface area contributed by atoms with Gasteiger partial charge in [-0.3, -0.25) is 9.69 Å². The number of nitrogens with zero attached hydrogens (tertiary/aromatic N) is 1. The lowest BCUT2D eigenvalue weighted by Crippen LogP contribution is -2.37. The molecule has 1 aliphatic carbocycles. The van der Waals surface area contributed by atoms with Gasteiger partial charge in [0.15, 0.2) is 0 Å². The fraction of sp³-hybridized carbons (Fsp3) is 0.818. The Morgan fingerprint density at radius 3 is 2.65 bits per heavy atom. The molecule has 1 amide bonds. The first-order valence-electron chi connectivity index (χ1n) is 5.93. The number of carbonyl (C=O) groups is 2. The molecule has 0 aromatic heterocycles. The first kappa shape index (κ1) is 13.9. The van der Waals surface area contributed by atoms with Gasteiger partial charge < -0.3 is 15.2 Å². The van der Waals surface area contributed by atoms with E-state index in [0.29, 0.717) is 12.6 Å². The van der Waals surface area contributed by atoms with Crippen LogP contribution in [0.5, 0.6) is 0 Å². The van der Waals surface area contributed by atoms with E-state index in [0.717, 1.165) is 13.1 Å². The molecule has 0 aromatic rings. The molecule has 98 valence electrons. The lowest BCUT2D eigenvalue weighted by atomic mass is 10.4. The van der Waals surface area contributed by atoms with E-state index in [1.807, 2.05) is 0 Å². The van der Waals surface area contributed by atoms with Crippen molar-refractivity contribution in [2.75, 3.05) is 32.8 Å². The second kappa shape index (κ2) is 7.24. The van der Waals surface area contributed by atoms with Gasteiger partial charge in [0.25, 0.3) is 0 Å². The SMILES string of the molecule is CCN(CCNC(=O)COCC(=O)O)C1CC1. The Labute approximate surface area is 101 Å². The maximum Gasteiger partial charge on any atom is 0.329 e. The minimum atomic E-state index is -1.07. The summed E-state index contributed by atoms with van der Waals surface area (Å²) in [5.74, 6) is -1.33. The van der Waals surface area contributed by atoms with Crippen molar-refractivity contribution in [2.24, 2.45) is 0 Å². The van der Waals surface area contributed by atoms with Crippen LogP contribution in [0.3, 0.4) is 0 Å². The van der Waals surface area contributed by atoms with Crippen molar-refractivity contribution in [3.05, 3.63) is 0 Å². The highest BCUT2D eigenvalue weighted by Gasteiger charge is 2.27. The normalized spacial score (nSPS) is 14.9. The average molecular weight is 244 g/mol. The van der Waals surface area contributed by atoms with Crippen LogP contribution >= 0.6 is 0 Å². The molecule has 17 heavy (non-hydrogen) atoms. The number of nitrogens with one attached hydrogen (secondary N) is 1. The maximum atomic E-state index is 11.2. The van der Waals surface area contributed by atoms with Gasteiger partial charge in [0.1, 0.15) is 13.2 Å². The molecule has 0 bridgehead atoms. The molecule has 0 atom stereocenters. The summed E-state index contributed by atoms with van der Waals surface area (Å²) in [6.07, 6.45) is 2.51. The van der Waals surface area contributed by atoms with Crippen LogP contribution in [-0.2, 0) is 14.3 Å².